The Morgan fingerprint density at radius 3 is 2.38 bits per heavy atom. The Kier molecular flexibility index (Phi) is 6.77. The van der Waals surface area contributed by atoms with Crippen LogP contribution in [0.3, 0.4) is 0 Å². The van der Waals surface area contributed by atoms with Gasteiger partial charge in [-0.3, -0.25) is 4.79 Å². The number of fused-ring (bicyclic) bond motifs is 5. The third-order valence-electron chi connectivity index (χ3n) is 11.1. The molecule has 0 bridgehead atoms. The Morgan fingerprint density at radius 1 is 1.03 bits per heavy atom. The number of hydrogen-bond donors (Lipinski definition) is 3. The number of hydrogen-bond acceptors (Lipinski definition) is 5. The predicted octanol–water partition coefficient (Wildman–Crippen LogP) is 4.17. The first-order chi connectivity index (χ1) is 15.1. The quantitative estimate of drug-likeness (QED) is 0.547. The van der Waals surface area contributed by atoms with Crippen LogP contribution in [-0.2, 0) is 9.53 Å². The van der Waals surface area contributed by atoms with Gasteiger partial charge in [0.05, 0.1) is 25.4 Å². The molecule has 32 heavy (non-hydrogen) atoms. The second-order valence-corrected chi connectivity index (χ2v) is 12.4. The second kappa shape index (κ2) is 8.85. The average molecular weight is 451 g/mol. The van der Waals surface area contributed by atoms with E-state index in [2.05, 4.69) is 27.7 Å². The minimum Gasteiger partial charge on any atom is -0.469 e. The fraction of sp³-hybridized carbons (Fsp3) is 0.963. The van der Waals surface area contributed by atoms with E-state index in [4.69, 9.17) is 4.74 Å². The van der Waals surface area contributed by atoms with E-state index in [1.54, 1.807) is 0 Å². The summed E-state index contributed by atoms with van der Waals surface area (Å²) in [5, 5.41) is 33.5. The second-order valence-electron chi connectivity index (χ2n) is 12.4. The maximum Gasteiger partial charge on any atom is 0.305 e. The van der Waals surface area contributed by atoms with Gasteiger partial charge in [0.15, 0.2) is 0 Å². The average Bonchev–Trinajstić information content (AvgIpc) is 3.03. The monoisotopic (exact) mass is 450 g/mol. The summed E-state index contributed by atoms with van der Waals surface area (Å²) in [6.45, 7) is 9.18. The summed E-state index contributed by atoms with van der Waals surface area (Å²) in [5.41, 5.74) is 0.164. The van der Waals surface area contributed by atoms with Crippen molar-refractivity contribution >= 4 is 5.97 Å². The highest BCUT2D eigenvalue weighted by Gasteiger charge is 2.66. The number of aliphatic hydroxyl groups is 3. The molecule has 12 atom stereocenters. The third kappa shape index (κ3) is 3.65. The zero-order valence-corrected chi connectivity index (χ0v) is 20.8. The van der Waals surface area contributed by atoms with Gasteiger partial charge in [-0.15, -0.1) is 0 Å². The Hall–Kier alpha value is -0.650. The molecule has 5 nitrogen and oxygen atoms in total. The number of methoxy groups -OCH3 is 1. The first-order valence-electron chi connectivity index (χ1n) is 13.2. The van der Waals surface area contributed by atoms with Crippen LogP contribution in [0.1, 0.15) is 85.5 Å². The van der Waals surface area contributed by atoms with E-state index >= 15 is 0 Å². The number of carbonyl (C=O) groups excluding carboxylic acids is 1. The van der Waals surface area contributed by atoms with E-state index < -0.39 is 0 Å². The van der Waals surface area contributed by atoms with E-state index in [9.17, 15) is 20.1 Å². The van der Waals surface area contributed by atoms with Crippen LogP contribution in [0, 0.1) is 52.3 Å². The summed E-state index contributed by atoms with van der Waals surface area (Å²) in [4.78, 5) is 11.7. The molecule has 4 aliphatic rings. The van der Waals surface area contributed by atoms with Gasteiger partial charge in [-0.2, -0.15) is 0 Å². The van der Waals surface area contributed by atoms with Crippen molar-refractivity contribution < 1.29 is 24.9 Å². The molecule has 3 N–H and O–H groups in total. The molecule has 4 saturated carbocycles. The molecule has 0 aromatic heterocycles. The van der Waals surface area contributed by atoms with Crippen LogP contribution in [0.25, 0.3) is 0 Å². The van der Waals surface area contributed by atoms with E-state index in [0.717, 1.165) is 51.4 Å². The maximum absolute atomic E-state index is 11.8. The molecule has 0 amide bonds. The van der Waals surface area contributed by atoms with Crippen molar-refractivity contribution in [1.82, 2.24) is 0 Å². The van der Waals surface area contributed by atoms with Crippen LogP contribution in [0.5, 0.6) is 0 Å². The number of rotatable bonds is 5. The molecular weight excluding hydrogens is 404 g/mol. The Bertz CT molecular complexity index is 696. The van der Waals surface area contributed by atoms with Crippen LogP contribution < -0.4 is 0 Å². The van der Waals surface area contributed by atoms with E-state index in [1.807, 2.05) is 0 Å². The number of carbonyl (C=O) groups is 1. The Labute approximate surface area is 194 Å². The summed E-state index contributed by atoms with van der Waals surface area (Å²) in [6.07, 6.45) is 6.83. The Morgan fingerprint density at radius 2 is 1.72 bits per heavy atom. The van der Waals surface area contributed by atoms with Crippen LogP contribution in [-0.4, -0.2) is 46.7 Å². The topological polar surface area (TPSA) is 87.0 Å². The zero-order chi connectivity index (χ0) is 23.4. The molecule has 0 radical (unpaired) electrons. The van der Waals surface area contributed by atoms with Crippen molar-refractivity contribution in [1.29, 1.82) is 0 Å². The predicted molar refractivity (Wildman–Crippen MR) is 124 cm³/mol. The summed E-state index contributed by atoms with van der Waals surface area (Å²) in [7, 11) is 1.43. The maximum atomic E-state index is 11.8. The van der Waals surface area contributed by atoms with E-state index in [0.29, 0.717) is 24.2 Å². The first kappa shape index (κ1) is 24.5. The molecule has 0 spiro atoms. The zero-order valence-electron chi connectivity index (χ0n) is 20.8. The summed E-state index contributed by atoms with van der Waals surface area (Å²) in [5.74, 6) is 1.84. The number of aliphatic hydroxyl groups excluding tert-OH is 3. The van der Waals surface area contributed by atoms with Crippen molar-refractivity contribution in [3.05, 3.63) is 0 Å². The molecule has 184 valence electrons. The first-order valence-corrected chi connectivity index (χ1v) is 13.2. The van der Waals surface area contributed by atoms with Gasteiger partial charge in [-0.25, -0.2) is 0 Å². The summed E-state index contributed by atoms with van der Waals surface area (Å²) in [6, 6.07) is 0. The van der Waals surface area contributed by atoms with Crippen molar-refractivity contribution in [2.45, 2.75) is 104 Å². The van der Waals surface area contributed by atoms with Crippen molar-refractivity contribution in [2.75, 3.05) is 7.11 Å². The van der Waals surface area contributed by atoms with Crippen LogP contribution >= 0.6 is 0 Å². The molecule has 5 heteroatoms. The molecular formula is C27H46O5. The van der Waals surface area contributed by atoms with Crippen molar-refractivity contribution in [3.8, 4) is 0 Å². The van der Waals surface area contributed by atoms with Crippen molar-refractivity contribution in [3.63, 3.8) is 0 Å². The molecule has 12 unspecified atom stereocenters. The molecule has 0 aromatic rings. The highest BCUT2D eigenvalue weighted by atomic mass is 16.5. The minimum atomic E-state index is -0.373. The van der Waals surface area contributed by atoms with Gasteiger partial charge in [0.1, 0.15) is 0 Å². The largest absolute Gasteiger partial charge is 0.469 e. The van der Waals surface area contributed by atoms with Crippen LogP contribution in [0.4, 0.5) is 0 Å². The highest BCUT2D eigenvalue weighted by Crippen LogP contribution is 2.69. The van der Waals surface area contributed by atoms with Gasteiger partial charge in [-0.05, 0) is 97.2 Å². The van der Waals surface area contributed by atoms with E-state index in [1.165, 1.54) is 7.11 Å². The lowest BCUT2D eigenvalue weighted by Gasteiger charge is -2.64. The highest BCUT2D eigenvalue weighted by molar-refractivity contribution is 5.69. The number of esters is 1. The van der Waals surface area contributed by atoms with Gasteiger partial charge in [0.2, 0.25) is 0 Å². The molecule has 4 rings (SSSR count). The lowest BCUT2D eigenvalue weighted by molar-refractivity contribution is -0.203. The fourth-order valence-electron chi connectivity index (χ4n) is 9.67. The third-order valence-corrected chi connectivity index (χ3v) is 11.1. The lowest BCUT2D eigenvalue weighted by Crippen LogP contribution is -2.62. The normalized spacial score (nSPS) is 51.3. The fourth-order valence-corrected chi connectivity index (χ4v) is 9.67. The van der Waals surface area contributed by atoms with Gasteiger partial charge >= 0.3 is 5.97 Å². The lowest BCUT2D eigenvalue weighted by atomic mass is 9.41. The molecule has 4 aliphatic carbocycles. The van der Waals surface area contributed by atoms with Crippen molar-refractivity contribution in [2.24, 2.45) is 52.3 Å². The summed E-state index contributed by atoms with van der Waals surface area (Å²) < 4.78 is 4.85. The smallest absolute Gasteiger partial charge is 0.305 e. The van der Waals surface area contributed by atoms with Gasteiger partial charge in [0.25, 0.3) is 0 Å². The SMILES string of the molecule is CCC1C(O)C2C(CCC3(C)C2CC(O)C3C(C)CCC(=O)OC)C2(C)CCC(O)CC12. The summed E-state index contributed by atoms with van der Waals surface area (Å²) >= 11 is 0. The van der Waals surface area contributed by atoms with Gasteiger partial charge in [-0.1, -0.05) is 34.1 Å². The molecule has 0 heterocycles. The van der Waals surface area contributed by atoms with Gasteiger partial charge < -0.3 is 20.1 Å². The molecule has 0 aromatic carbocycles. The standard InChI is InChI=1S/C27H46O5/c1-6-17-19-13-16(28)9-11-26(19,3)18-10-12-27(4)20(23(18)25(17)31)14-21(29)24(27)15(2)7-8-22(30)32-5/h15-21,23-25,28-29,31H,6-14H2,1-5H3. The molecule has 0 aliphatic heterocycles. The van der Waals surface area contributed by atoms with E-state index in [-0.39, 0.29) is 58.8 Å². The van der Waals surface area contributed by atoms with Crippen LogP contribution in [0.15, 0.2) is 0 Å². The minimum absolute atomic E-state index is 0.00717. The van der Waals surface area contributed by atoms with Crippen LogP contribution in [0.2, 0.25) is 0 Å². The Balaban J connectivity index is 1.62. The number of ether oxygens (including phenoxy) is 1. The van der Waals surface area contributed by atoms with Gasteiger partial charge in [0, 0.05) is 6.42 Å². The molecule has 4 fully saturated rings. The molecule has 0 saturated heterocycles.